The molecule has 31 heavy (non-hydrogen) atoms. The number of ether oxygens (including phenoxy) is 1. The van der Waals surface area contributed by atoms with E-state index in [9.17, 15) is 18.0 Å². The van der Waals surface area contributed by atoms with Crippen LogP contribution in [0.1, 0.15) is 50.5 Å². The first-order valence-corrected chi connectivity index (χ1v) is 13.1. The monoisotopic (exact) mass is 446 g/mol. The second-order valence-corrected chi connectivity index (χ2v) is 11.5. The van der Waals surface area contributed by atoms with E-state index in [1.54, 1.807) is 17.0 Å². The van der Waals surface area contributed by atoms with E-state index >= 15 is 0 Å². The van der Waals surface area contributed by atoms with Gasteiger partial charge in [-0.1, -0.05) is 6.42 Å². The fourth-order valence-electron chi connectivity index (χ4n) is 5.21. The number of sulfone groups is 1. The van der Waals surface area contributed by atoms with Gasteiger partial charge in [-0.05, 0) is 68.7 Å². The summed E-state index contributed by atoms with van der Waals surface area (Å²) in [7, 11) is -3.47. The van der Waals surface area contributed by atoms with Gasteiger partial charge in [0, 0.05) is 37.8 Å². The highest BCUT2D eigenvalue weighted by Gasteiger charge is 2.37. The molecular formula is C23H30N2O5S. The van der Waals surface area contributed by atoms with Gasteiger partial charge in [0.2, 0.25) is 5.91 Å². The van der Waals surface area contributed by atoms with Crippen LogP contribution in [0.25, 0.3) is 0 Å². The molecule has 2 amide bonds. The smallest absolute Gasteiger partial charge is 0.251 e. The Hall–Kier alpha value is -1.93. The summed E-state index contributed by atoms with van der Waals surface area (Å²) in [6, 6.07) is 5.23. The minimum Gasteiger partial charge on any atom is -0.368 e. The molecule has 7 nitrogen and oxygen atoms in total. The van der Waals surface area contributed by atoms with Crippen molar-refractivity contribution in [2.45, 2.75) is 67.6 Å². The molecule has 1 atom stereocenters. The van der Waals surface area contributed by atoms with E-state index in [0.717, 1.165) is 43.4 Å². The maximum Gasteiger partial charge on any atom is 0.251 e. The molecule has 5 rings (SSSR count). The van der Waals surface area contributed by atoms with Gasteiger partial charge in [-0.3, -0.25) is 9.59 Å². The van der Waals surface area contributed by atoms with E-state index < -0.39 is 15.1 Å². The van der Waals surface area contributed by atoms with Crippen LogP contribution in [0.3, 0.4) is 0 Å². The third-order valence-electron chi connectivity index (χ3n) is 7.39. The van der Waals surface area contributed by atoms with Crippen LogP contribution in [0, 0.1) is 5.92 Å². The Kier molecular flexibility index (Phi) is 5.54. The molecule has 0 N–H and O–H groups in total. The van der Waals surface area contributed by atoms with Crippen LogP contribution < -0.4 is 4.90 Å². The standard InChI is InChI=1S/C23H30N2O5S/c26-22(16-3-1-4-16)25-13-8-17-15-19(6-7-20(17)25)31(28,29)18-9-11-24(12-10-18)23(27)21-5-2-14-30-21/h6-7,15-16,18,21H,1-5,8-14H2. The molecule has 1 aromatic rings. The first-order valence-electron chi connectivity index (χ1n) is 11.5. The Morgan fingerprint density at radius 2 is 1.71 bits per heavy atom. The summed E-state index contributed by atoms with van der Waals surface area (Å²) in [5.74, 6) is 0.322. The third-order valence-corrected chi connectivity index (χ3v) is 9.65. The molecule has 8 heteroatoms. The fourth-order valence-corrected chi connectivity index (χ4v) is 7.00. The number of hydrogen-bond acceptors (Lipinski definition) is 5. The van der Waals surface area contributed by atoms with Gasteiger partial charge in [0.1, 0.15) is 6.10 Å². The summed E-state index contributed by atoms with van der Waals surface area (Å²) in [5, 5.41) is -0.479. The van der Waals surface area contributed by atoms with Crippen molar-refractivity contribution in [2.24, 2.45) is 5.92 Å². The average molecular weight is 447 g/mol. The van der Waals surface area contributed by atoms with Gasteiger partial charge in [-0.25, -0.2) is 8.42 Å². The molecule has 1 aromatic carbocycles. The maximum atomic E-state index is 13.3. The Balaban J connectivity index is 1.26. The Morgan fingerprint density at radius 3 is 2.35 bits per heavy atom. The second-order valence-electron chi connectivity index (χ2n) is 9.23. The highest BCUT2D eigenvalue weighted by molar-refractivity contribution is 7.92. The first kappa shape index (κ1) is 20.9. The Bertz CT molecular complexity index is 974. The summed E-state index contributed by atoms with van der Waals surface area (Å²) in [5.41, 5.74) is 1.81. The van der Waals surface area contributed by atoms with Crippen LogP contribution in [0.5, 0.6) is 0 Å². The lowest BCUT2D eigenvalue weighted by Crippen LogP contribution is -2.46. The largest absolute Gasteiger partial charge is 0.368 e. The van der Waals surface area contributed by atoms with Crippen molar-refractivity contribution in [2.75, 3.05) is 31.1 Å². The van der Waals surface area contributed by atoms with Gasteiger partial charge >= 0.3 is 0 Å². The molecule has 168 valence electrons. The van der Waals surface area contributed by atoms with Crippen molar-refractivity contribution >= 4 is 27.3 Å². The lowest BCUT2D eigenvalue weighted by Gasteiger charge is -2.33. The lowest BCUT2D eigenvalue weighted by atomic mass is 9.84. The number of benzene rings is 1. The van der Waals surface area contributed by atoms with Crippen molar-refractivity contribution in [1.29, 1.82) is 0 Å². The van der Waals surface area contributed by atoms with Crippen LogP contribution >= 0.6 is 0 Å². The van der Waals surface area contributed by atoms with Crippen molar-refractivity contribution < 1.29 is 22.7 Å². The summed E-state index contributed by atoms with van der Waals surface area (Å²) in [6.45, 7) is 2.18. The summed E-state index contributed by atoms with van der Waals surface area (Å²) >= 11 is 0. The van der Waals surface area contributed by atoms with E-state index in [0.29, 0.717) is 50.4 Å². The normalized spacial score (nSPS) is 24.8. The lowest BCUT2D eigenvalue weighted by molar-refractivity contribution is -0.141. The molecule has 0 bridgehead atoms. The molecule has 0 radical (unpaired) electrons. The van der Waals surface area contributed by atoms with Crippen molar-refractivity contribution in [3.63, 3.8) is 0 Å². The number of hydrogen-bond donors (Lipinski definition) is 0. The second kappa shape index (κ2) is 8.20. The molecule has 0 aromatic heterocycles. The van der Waals surface area contributed by atoms with E-state index in [1.807, 2.05) is 11.0 Å². The predicted octanol–water partition coefficient (Wildman–Crippen LogP) is 2.32. The van der Waals surface area contributed by atoms with Crippen LogP contribution in [-0.2, 0) is 30.6 Å². The Labute approximate surface area is 183 Å². The zero-order chi connectivity index (χ0) is 21.6. The number of likely N-dealkylation sites (tertiary alicyclic amines) is 1. The van der Waals surface area contributed by atoms with Crippen LogP contribution in [0.4, 0.5) is 5.69 Å². The van der Waals surface area contributed by atoms with E-state index in [2.05, 4.69) is 0 Å². The molecule has 2 saturated heterocycles. The molecule has 4 aliphatic rings. The molecule has 1 saturated carbocycles. The molecule has 3 heterocycles. The molecule has 3 fully saturated rings. The van der Waals surface area contributed by atoms with Crippen LogP contribution in [0.15, 0.2) is 23.1 Å². The van der Waals surface area contributed by atoms with Gasteiger partial charge in [0.25, 0.3) is 5.91 Å². The quantitative estimate of drug-likeness (QED) is 0.709. The molecule has 0 spiro atoms. The third kappa shape index (κ3) is 3.78. The fraction of sp³-hybridized carbons (Fsp3) is 0.652. The number of carbonyl (C=O) groups excluding carboxylic acids is 2. The molecule has 1 unspecified atom stereocenters. The number of nitrogens with zero attached hydrogens (tertiary/aromatic N) is 2. The number of piperidine rings is 1. The number of carbonyl (C=O) groups is 2. The van der Waals surface area contributed by atoms with Crippen molar-refractivity contribution in [1.82, 2.24) is 4.90 Å². The van der Waals surface area contributed by atoms with Crippen LogP contribution in [-0.4, -0.2) is 62.7 Å². The molecule has 3 aliphatic heterocycles. The van der Waals surface area contributed by atoms with Gasteiger partial charge in [-0.2, -0.15) is 0 Å². The highest BCUT2D eigenvalue weighted by Crippen LogP contribution is 2.36. The minimum atomic E-state index is -3.47. The van der Waals surface area contributed by atoms with Gasteiger partial charge in [0.05, 0.1) is 10.1 Å². The Morgan fingerprint density at radius 1 is 0.935 bits per heavy atom. The number of rotatable bonds is 4. The summed E-state index contributed by atoms with van der Waals surface area (Å²) < 4.78 is 32.1. The zero-order valence-corrected chi connectivity index (χ0v) is 18.6. The number of fused-ring (bicyclic) bond motifs is 1. The van der Waals surface area contributed by atoms with Gasteiger partial charge in [-0.15, -0.1) is 0 Å². The van der Waals surface area contributed by atoms with E-state index in [4.69, 9.17) is 4.74 Å². The zero-order valence-electron chi connectivity index (χ0n) is 17.8. The number of amides is 2. The SMILES string of the molecule is O=C(C1CCCO1)N1CCC(S(=O)(=O)c2ccc3c(c2)CCN3C(=O)C2CCC2)CC1. The van der Waals surface area contributed by atoms with Gasteiger partial charge in [0.15, 0.2) is 9.84 Å². The average Bonchev–Trinajstić information content (AvgIpc) is 3.41. The van der Waals surface area contributed by atoms with Crippen molar-refractivity contribution in [3.8, 4) is 0 Å². The highest BCUT2D eigenvalue weighted by atomic mass is 32.2. The topological polar surface area (TPSA) is 84.0 Å². The minimum absolute atomic E-state index is 0.00194. The number of anilines is 1. The first-order chi connectivity index (χ1) is 14.9. The molecule has 1 aliphatic carbocycles. The van der Waals surface area contributed by atoms with E-state index in [-0.39, 0.29) is 23.8 Å². The van der Waals surface area contributed by atoms with Crippen LogP contribution in [0.2, 0.25) is 0 Å². The summed E-state index contributed by atoms with van der Waals surface area (Å²) in [4.78, 5) is 29.1. The van der Waals surface area contributed by atoms with E-state index in [1.165, 1.54) is 0 Å². The summed E-state index contributed by atoms with van der Waals surface area (Å²) in [6.07, 6.45) is 5.95. The maximum absolute atomic E-state index is 13.3. The molecular weight excluding hydrogens is 416 g/mol. The van der Waals surface area contributed by atoms with Crippen molar-refractivity contribution in [3.05, 3.63) is 23.8 Å². The predicted molar refractivity (Wildman–Crippen MR) is 116 cm³/mol. The van der Waals surface area contributed by atoms with Gasteiger partial charge < -0.3 is 14.5 Å².